The van der Waals surface area contributed by atoms with E-state index < -0.39 is 0 Å². The zero-order valence-corrected chi connectivity index (χ0v) is 11.9. The Morgan fingerprint density at radius 2 is 1.83 bits per heavy atom. The topological polar surface area (TPSA) is 26.8 Å². The minimum Gasteiger partial charge on any atom is -0.342 e. The Morgan fingerprint density at radius 3 is 2.28 bits per heavy atom. The first-order chi connectivity index (χ1) is 8.63. The maximum atomic E-state index is 12.3. The molecule has 1 fully saturated rings. The highest BCUT2D eigenvalue weighted by Gasteiger charge is 2.27. The summed E-state index contributed by atoms with van der Waals surface area (Å²) in [5, 5.41) is 0. The zero-order chi connectivity index (χ0) is 13.5. The second-order valence-corrected chi connectivity index (χ2v) is 4.70. The Balaban J connectivity index is 2.47. The third kappa shape index (κ3) is 3.72. The van der Waals surface area contributed by atoms with E-state index in [2.05, 4.69) is 15.7 Å². The summed E-state index contributed by atoms with van der Waals surface area (Å²) in [7, 11) is 0. The van der Waals surface area contributed by atoms with E-state index in [0.717, 1.165) is 39.3 Å². The van der Waals surface area contributed by atoms with Crippen LogP contribution in [0.5, 0.6) is 0 Å². The molecule has 1 saturated heterocycles. The first kappa shape index (κ1) is 15.0. The van der Waals surface area contributed by atoms with Crippen molar-refractivity contribution in [2.45, 2.75) is 26.8 Å². The van der Waals surface area contributed by atoms with Gasteiger partial charge in [-0.15, -0.1) is 6.42 Å². The highest BCUT2D eigenvalue weighted by atomic mass is 16.2. The number of carbonyl (C=O) groups is 1. The summed E-state index contributed by atoms with van der Waals surface area (Å²) < 4.78 is 0. The first-order valence-corrected chi connectivity index (χ1v) is 6.82. The number of likely N-dealkylation sites (N-methyl/N-ethyl adjacent to an activating group) is 1. The molecule has 0 saturated carbocycles. The van der Waals surface area contributed by atoms with E-state index >= 15 is 0 Å². The molecule has 4 heteroatoms. The molecule has 0 aromatic rings. The normalized spacial score (nSPS) is 19.2. The fourth-order valence-corrected chi connectivity index (χ4v) is 2.39. The van der Waals surface area contributed by atoms with Crippen molar-refractivity contribution < 1.29 is 4.79 Å². The van der Waals surface area contributed by atoms with Gasteiger partial charge in [-0.3, -0.25) is 14.6 Å². The molecule has 0 unspecified atom stereocenters. The van der Waals surface area contributed by atoms with Crippen molar-refractivity contribution in [1.29, 1.82) is 0 Å². The van der Waals surface area contributed by atoms with Crippen molar-refractivity contribution in [3.8, 4) is 12.3 Å². The average molecular weight is 251 g/mol. The van der Waals surface area contributed by atoms with Crippen LogP contribution in [0.1, 0.15) is 20.8 Å². The fourth-order valence-electron chi connectivity index (χ4n) is 2.39. The van der Waals surface area contributed by atoms with E-state index in [4.69, 9.17) is 6.42 Å². The van der Waals surface area contributed by atoms with Crippen molar-refractivity contribution >= 4 is 5.91 Å². The molecule has 1 heterocycles. The quantitative estimate of drug-likeness (QED) is 0.666. The lowest BCUT2D eigenvalue weighted by atomic mass is 10.2. The molecule has 1 aliphatic heterocycles. The zero-order valence-electron chi connectivity index (χ0n) is 11.9. The summed E-state index contributed by atoms with van der Waals surface area (Å²) >= 11 is 0. The number of carbonyl (C=O) groups excluding carboxylic acids is 1. The van der Waals surface area contributed by atoms with Crippen molar-refractivity contribution in [3.63, 3.8) is 0 Å². The van der Waals surface area contributed by atoms with Crippen LogP contribution >= 0.6 is 0 Å². The summed E-state index contributed by atoms with van der Waals surface area (Å²) in [4.78, 5) is 18.7. The maximum absolute atomic E-state index is 12.3. The summed E-state index contributed by atoms with van der Waals surface area (Å²) in [6, 6.07) is -0.0158. The third-order valence-electron chi connectivity index (χ3n) is 3.70. The molecular formula is C14H25N3O. The summed E-state index contributed by atoms with van der Waals surface area (Å²) in [6.07, 6.45) is 5.31. The Labute approximate surface area is 111 Å². The van der Waals surface area contributed by atoms with E-state index in [9.17, 15) is 4.79 Å². The van der Waals surface area contributed by atoms with Gasteiger partial charge in [-0.05, 0) is 20.8 Å². The lowest BCUT2D eigenvalue weighted by molar-refractivity contribution is -0.136. The predicted octanol–water partition coefficient (Wildman–Crippen LogP) is 0.494. The van der Waals surface area contributed by atoms with Crippen LogP contribution in [-0.4, -0.2) is 72.5 Å². The van der Waals surface area contributed by atoms with Gasteiger partial charge in [-0.1, -0.05) is 5.92 Å². The number of amides is 1. The van der Waals surface area contributed by atoms with E-state index in [1.54, 1.807) is 0 Å². The van der Waals surface area contributed by atoms with Gasteiger partial charge in [0.25, 0.3) is 0 Å². The lowest BCUT2D eigenvalue weighted by Crippen LogP contribution is -2.54. The SMILES string of the molecule is C#CCN1CCN([C@@H](C)C(=O)N(CC)CC)CC1. The second kappa shape index (κ2) is 7.40. The number of nitrogens with zero attached hydrogens (tertiary/aromatic N) is 3. The minimum absolute atomic E-state index is 0.0158. The minimum atomic E-state index is -0.0158. The molecule has 0 N–H and O–H groups in total. The number of hydrogen-bond acceptors (Lipinski definition) is 3. The second-order valence-electron chi connectivity index (χ2n) is 4.70. The molecule has 102 valence electrons. The molecule has 18 heavy (non-hydrogen) atoms. The van der Waals surface area contributed by atoms with Crippen LogP contribution in [-0.2, 0) is 4.79 Å². The van der Waals surface area contributed by atoms with Crippen LogP contribution in [0.3, 0.4) is 0 Å². The van der Waals surface area contributed by atoms with Crippen LogP contribution in [0, 0.1) is 12.3 Å². The molecule has 0 spiro atoms. The summed E-state index contributed by atoms with van der Waals surface area (Å²) in [6.45, 7) is 12.1. The van der Waals surface area contributed by atoms with E-state index in [-0.39, 0.29) is 11.9 Å². The van der Waals surface area contributed by atoms with E-state index in [0.29, 0.717) is 6.54 Å². The molecule has 4 nitrogen and oxygen atoms in total. The Hall–Kier alpha value is -1.05. The average Bonchev–Trinajstić information content (AvgIpc) is 2.40. The fraction of sp³-hybridized carbons (Fsp3) is 0.786. The number of piperazine rings is 1. The molecule has 0 aliphatic carbocycles. The van der Waals surface area contributed by atoms with Crippen LogP contribution < -0.4 is 0 Å². The highest BCUT2D eigenvalue weighted by molar-refractivity contribution is 5.81. The van der Waals surface area contributed by atoms with Gasteiger partial charge in [0.2, 0.25) is 5.91 Å². The van der Waals surface area contributed by atoms with Crippen LogP contribution in [0.25, 0.3) is 0 Å². The third-order valence-corrected chi connectivity index (χ3v) is 3.70. The van der Waals surface area contributed by atoms with Crippen LogP contribution in [0.4, 0.5) is 0 Å². The standard InChI is InChI=1S/C14H25N3O/c1-5-8-15-9-11-17(12-10-15)13(4)14(18)16(6-2)7-3/h1,13H,6-12H2,2-4H3/t13-/m0/s1. The number of terminal acetylenes is 1. The van der Waals surface area contributed by atoms with Crippen LogP contribution in [0.2, 0.25) is 0 Å². The van der Waals surface area contributed by atoms with Crippen molar-refractivity contribution in [2.24, 2.45) is 0 Å². The van der Waals surface area contributed by atoms with Crippen molar-refractivity contribution in [2.75, 3.05) is 45.8 Å². The molecule has 0 radical (unpaired) electrons. The largest absolute Gasteiger partial charge is 0.342 e. The molecule has 1 aliphatic rings. The van der Waals surface area contributed by atoms with Gasteiger partial charge in [-0.2, -0.15) is 0 Å². The van der Waals surface area contributed by atoms with Gasteiger partial charge in [-0.25, -0.2) is 0 Å². The monoisotopic (exact) mass is 251 g/mol. The van der Waals surface area contributed by atoms with Gasteiger partial charge >= 0.3 is 0 Å². The maximum Gasteiger partial charge on any atom is 0.239 e. The Kier molecular flexibility index (Phi) is 6.17. The molecule has 0 aromatic heterocycles. The van der Waals surface area contributed by atoms with Crippen molar-refractivity contribution in [3.05, 3.63) is 0 Å². The van der Waals surface area contributed by atoms with Crippen molar-refractivity contribution in [1.82, 2.24) is 14.7 Å². The van der Waals surface area contributed by atoms with Crippen LogP contribution in [0.15, 0.2) is 0 Å². The molecule has 1 rings (SSSR count). The highest BCUT2D eigenvalue weighted by Crippen LogP contribution is 2.08. The Morgan fingerprint density at radius 1 is 1.28 bits per heavy atom. The van der Waals surface area contributed by atoms with E-state index in [1.807, 2.05) is 25.7 Å². The lowest BCUT2D eigenvalue weighted by Gasteiger charge is -2.38. The Bertz CT molecular complexity index is 299. The van der Waals surface area contributed by atoms with Gasteiger partial charge in [0, 0.05) is 39.3 Å². The van der Waals surface area contributed by atoms with Gasteiger partial charge in [0.15, 0.2) is 0 Å². The molecule has 0 aromatic carbocycles. The van der Waals surface area contributed by atoms with E-state index in [1.165, 1.54) is 0 Å². The molecule has 1 amide bonds. The number of rotatable bonds is 5. The van der Waals surface area contributed by atoms with Gasteiger partial charge in [0.1, 0.15) is 0 Å². The van der Waals surface area contributed by atoms with Gasteiger partial charge in [0.05, 0.1) is 12.6 Å². The number of hydrogen-bond donors (Lipinski definition) is 0. The molecular weight excluding hydrogens is 226 g/mol. The molecule has 1 atom stereocenters. The predicted molar refractivity (Wildman–Crippen MR) is 74.2 cm³/mol. The smallest absolute Gasteiger partial charge is 0.239 e. The summed E-state index contributed by atoms with van der Waals surface area (Å²) in [5.41, 5.74) is 0. The molecule has 0 bridgehead atoms. The first-order valence-electron chi connectivity index (χ1n) is 6.82. The summed E-state index contributed by atoms with van der Waals surface area (Å²) in [5.74, 6) is 2.91. The van der Waals surface area contributed by atoms with Gasteiger partial charge < -0.3 is 4.90 Å².